The number of hydrogen-bond donors (Lipinski definition) is 2. The number of amides is 2. The van der Waals surface area contributed by atoms with Crippen molar-refractivity contribution in [3.63, 3.8) is 0 Å². The highest BCUT2D eigenvalue weighted by Gasteiger charge is 2.17. The fourth-order valence-corrected chi connectivity index (χ4v) is 3.50. The van der Waals surface area contributed by atoms with Gasteiger partial charge in [-0.1, -0.05) is 32.8 Å². The lowest BCUT2D eigenvalue weighted by atomic mass is 10.1. The first-order valence-electron chi connectivity index (χ1n) is 11.2. The smallest absolute Gasteiger partial charge is 0.253 e. The van der Waals surface area contributed by atoms with E-state index in [0.29, 0.717) is 23.8 Å². The van der Waals surface area contributed by atoms with Crippen LogP contribution < -0.4 is 15.4 Å². The van der Waals surface area contributed by atoms with Gasteiger partial charge in [0, 0.05) is 36.1 Å². The molecule has 0 saturated carbocycles. The van der Waals surface area contributed by atoms with Gasteiger partial charge in [0.15, 0.2) is 0 Å². The van der Waals surface area contributed by atoms with E-state index >= 15 is 0 Å². The van der Waals surface area contributed by atoms with E-state index in [4.69, 9.17) is 4.74 Å². The molecule has 1 fully saturated rings. The second kappa shape index (κ2) is 11.4. The van der Waals surface area contributed by atoms with E-state index in [1.807, 2.05) is 29.2 Å². The van der Waals surface area contributed by atoms with Gasteiger partial charge in [0.05, 0.1) is 13.2 Å². The Morgan fingerprint density at radius 2 is 1.68 bits per heavy atom. The van der Waals surface area contributed by atoms with Crippen molar-refractivity contribution in [3.8, 4) is 5.75 Å². The third-order valence-electron chi connectivity index (χ3n) is 5.18. The summed E-state index contributed by atoms with van der Waals surface area (Å²) in [6, 6.07) is 14.7. The fourth-order valence-electron chi connectivity index (χ4n) is 3.50. The van der Waals surface area contributed by atoms with Crippen LogP contribution in [0.4, 0.5) is 11.4 Å². The molecule has 1 heterocycles. The molecule has 2 aromatic carbocycles. The summed E-state index contributed by atoms with van der Waals surface area (Å²) in [6.07, 6.45) is 4.52. The van der Waals surface area contributed by atoms with Crippen molar-refractivity contribution in [2.75, 3.05) is 36.9 Å². The van der Waals surface area contributed by atoms with Crippen LogP contribution in [0.5, 0.6) is 5.75 Å². The van der Waals surface area contributed by atoms with Crippen molar-refractivity contribution >= 4 is 23.2 Å². The third-order valence-corrected chi connectivity index (χ3v) is 5.18. The van der Waals surface area contributed by atoms with Crippen LogP contribution in [0.25, 0.3) is 0 Å². The number of nitrogens with one attached hydrogen (secondary N) is 2. The topological polar surface area (TPSA) is 70.7 Å². The predicted octanol–water partition coefficient (Wildman–Crippen LogP) is 4.79. The normalized spacial score (nSPS) is 14.1. The van der Waals surface area contributed by atoms with Gasteiger partial charge in [-0.15, -0.1) is 0 Å². The Bertz CT molecular complexity index is 857. The number of hydrogen-bond acceptors (Lipinski definition) is 4. The largest absolute Gasteiger partial charge is 0.493 e. The van der Waals surface area contributed by atoms with Crippen LogP contribution in [0.15, 0.2) is 48.5 Å². The van der Waals surface area contributed by atoms with Gasteiger partial charge in [-0.3, -0.25) is 9.59 Å². The first-order valence-corrected chi connectivity index (χ1v) is 11.2. The number of likely N-dealkylation sites (tertiary alicyclic amines) is 1. The van der Waals surface area contributed by atoms with E-state index in [1.54, 1.807) is 24.3 Å². The Balaban J connectivity index is 1.48. The maximum Gasteiger partial charge on any atom is 0.253 e. The highest BCUT2D eigenvalue weighted by atomic mass is 16.5. The van der Waals surface area contributed by atoms with Gasteiger partial charge >= 0.3 is 0 Å². The zero-order chi connectivity index (χ0) is 22.1. The van der Waals surface area contributed by atoms with Crippen molar-refractivity contribution in [2.45, 2.75) is 39.5 Å². The molecule has 1 aliphatic heterocycles. The lowest BCUT2D eigenvalue weighted by Gasteiger charge is -2.20. The number of carbonyl (C=O) groups excluding carboxylic acids is 2. The van der Waals surface area contributed by atoms with Crippen LogP contribution in [-0.4, -0.2) is 43.0 Å². The molecular formula is C25H33N3O3. The van der Waals surface area contributed by atoms with Crippen molar-refractivity contribution in [2.24, 2.45) is 5.92 Å². The van der Waals surface area contributed by atoms with Crippen molar-refractivity contribution < 1.29 is 14.3 Å². The van der Waals surface area contributed by atoms with Gasteiger partial charge < -0.3 is 20.3 Å². The molecule has 0 aliphatic carbocycles. The summed E-state index contributed by atoms with van der Waals surface area (Å²) in [6.45, 7) is 6.65. The van der Waals surface area contributed by atoms with Crippen LogP contribution in [-0.2, 0) is 4.79 Å². The summed E-state index contributed by atoms with van der Waals surface area (Å²) in [7, 11) is 0. The fraction of sp³-hybridized carbons (Fsp3) is 0.440. The van der Waals surface area contributed by atoms with E-state index in [9.17, 15) is 9.59 Å². The van der Waals surface area contributed by atoms with Crippen LogP contribution in [0, 0.1) is 5.92 Å². The van der Waals surface area contributed by atoms with E-state index in [1.165, 1.54) is 12.8 Å². The molecule has 0 radical (unpaired) electrons. The minimum atomic E-state index is -0.153. The molecule has 2 amide bonds. The van der Waals surface area contributed by atoms with Crippen molar-refractivity contribution in [1.29, 1.82) is 0 Å². The first kappa shape index (κ1) is 22.7. The molecule has 0 spiro atoms. The average Bonchev–Trinajstić information content (AvgIpc) is 3.06. The zero-order valence-electron chi connectivity index (χ0n) is 18.5. The Kier molecular flexibility index (Phi) is 8.33. The van der Waals surface area contributed by atoms with Crippen LogP contribution in [0.1, 0.15) is 49.9 Å². The Labute approximate surface area is 185 Å². The molecule has 3 rings (SSSR count). The molecular weight excluding hydrogens is 390 g/mol. The Morgan fingerprint density at radius 3 is 2.35 bits per heavy atom. The molecule has 1 saturated heterocycles. The number of nitrogens with zero attached hydrogens (tertiary/aromatic N) is 1. The van der Waals surface area contributed by atoms with Gasteiger partial charge in [0.1, 0.15) is 5.75 Å². The quantitative estimate of drug-likeness (QED) is 0.641. The number of benzene rings is 2. The summed E-state index contributed by atoms with van der Waals surface area (Å²) >= 11 is 0. The molecule has 1 aliphatic rings. The monoisotopic (exact) mass is 423 g/mol. The zero-order valence-corrected chi connectivity index (χ0v) is 18.5. The molecule has 0 unspecified atom stereocenters. The summed E-state index contributed by atoms with van der Waals surface area (Å²) < 4.78 is 5.72. The molecule has 2 aromatic rings. The van der Waals surface area contributed by atoms with E-state index in [0.717, 1.165) is 37.4 Å². The lowest BCUT2D eigenvalue weighted by Crippen LogP contribution is -2.31. The molecule has 0 atom stereocenters. The number of anilines is 2. The molecule has 6 nitrogen and oxygen atoms in total. The molecule has 6 heteroatoms. The van der Waals surface area contributed by atoms with E-state index < -0.39 is 0 Å². The van der Waals surface area contributed by atoms with E-state index in [2.05, 4.69) is 24.5 Å². The average molecular weight is 424 g/mol. The third kappa shape index (κ3) is 7.31. The predicted molar refractivity (Wildman–Crippen MR) is 125 cm³/mol. The van der Waals surface area contributed by atoms with Gasteiger partial charge in [0.2, 0.25) is 5.91 Å². The summed E-state index contributed by atoms with van der Waals surface area (Å²) in [5.74, 6) is 1.15. The Morgan fingerprint density at radius 1 is 0.968 bits per heavy atom. The molecule has 2 N–H and O–H groups in total. The van der Waals surface area contributed by atoms with Gasteiger partial charge in [-0.05, 0) is 55.2 Å². The van der Waals surface area contributed by atoms with Crippen molar-refractivity contribution in [3.05, 3.63) is 54.1 Å². The summed E-state index contributed by atoms with van der Waals surface area (Å²) in [5.41, 5.74) is 2.17. The number of ether oxygens (including phenoxy) is 1. The number of rotatable bonds is 8. The summed E-state index contributed by atoms with van der Waals surface area (Å²) in [5, 5.41) is 5.98. The van der Waals surface area contributed by atoms with Crippen LogP contribution in [0.2, 0.25) is 0 Å². The molecule has 31 heavy (non-hydrogen) atoms. The molecule has 0 bridgehead atoms. The Hall–Kier alpha value is -3.02. The highest BCUT2D eigenvalue weighted by Crippen LogP contribution is 2.18. The van der Waals surface area contributed by atoms with Crippen molar-refractivity contribution in [1.82, 2.24) is 4.90 Å². The minimum Gasteiger partial charge on any atom is -0.493 e. The van der Waals surface area contributed by atoms with Gasteiger partial charge in [-0.2, -0.15) is 0 Å². The minimum absolute atomic E-state index is 0.0704. The van der Waals surface area contributed by atoms with Crippen LogP contribution in [0.3, 0.4) is 0 Å². The summed E-state index contributed by atoms with van der Waals surface area (Å²) in [4.78, 5) is 26.9. The van der Waals surface area contributed by atoms with E-state index in [-0.39, 0.29) is 18.4 Å². The first-order chi connectivity index (χ1) is 15.0. The number of carbonyl (C=O) groups is 2. The maximum absolute atomic E-state index is 12.7. The SMILES string of the molecule is CC(C)COc1cccc(NCC(=O)Nc2ccc(C(=O)N3CCCCCC3)cc2)c1. The van der Waals surface area contributed by atoms with Gasteiger partial charge in [-0.25, -0.2) is 0 Å². The molecule has 166 valence electrons. The van der Waals surface area contributed by atoms with Crippen LogP contribution >= 0.6 is 0 Å². The lowest BCUT2D eigenvalue weighted by molar-refractivity contribution is -0.114. The second-order valence-corrected chi connectivity index (χ2v) is 8.42. The van der Waals surface area contributed by atoms with Gasteiger partial charge in [0.25, 0.3) is 5.91 Å². The molecule has 0 aromatic heterocycles. The second-order valence-electron chi connectivity index (χ2n) is 8.42. The highest BCUT2D eigenvalue weighted by molar-refractivity contribution is 5.96. The standard InChI is InChI=1S/C25H33N3O3/c1-19(2)18-31-23-9-7-8-22(16-23)26-17-24(29)27-21-12-10-20(11-13-21)25(30)28-14-5-3-4-6-15-28/h7-13,16,19,26H,3-6,14-15,17-18H2,1-2H3,(H,27,29). The maximum atomic E-state index is 12.7.